The van der Waals surface area contributed by atoms with Crippen molar-refractivity contribution < 1.29 is 13.2 Å². The average Bonchev–Trinajstić information content (AvgIpc) is 2.51. The number of sulfonamides is 1. The SMILES string of the molecule is CN(C(=O)c1ccsc1)S(C)(=O)=O. The number of carbonyl (C=O) groups excluding carboxylic acids is 1. The van der Waals surface area contributed by atoms with Crippen LogP contribution in [0.25, 0.3) is 0 Å². The third kappa shape index (κ3) is 2.28. The first-order valence-corrected chi connectivity index (χ1v) is 6.22. The van der Waals surface area contributed by atoms with Crippen LogP contribution in [-0.4, -0.2) is 31.9 Å². The van der Waals surface area contributed by atoms with Gasteiger partial charge in [-0.05, 0) is 11.4 Å². The van der Waals surface area contributed by atoms with Gasteiger partial charge in [-0.1, -0.05) is 0 Å². The predicted octanol–water partition coefficient (Wildman–Crippen LogP) is 0.780. The van der Waals surface area contributed by atoms with Crippen LogP contribution in [0, 0.1) is 0 Å². The van der Waals surface area contributed by atoms with Crippen molar-refractivity contribution in [2.75, 3.05) is 13.3 Å². The Morgan fingerprint density at radius 1 is 1.54 bits per heavy atom. The van der Waals surface area contributed by atoms with Crippen molar-refractivity contribution in [1.29, 1.82) is 0 Å². The Kier molecular flexibility index (Phi) is 2.72. The van der Waals surface area contributed by atoms with Crippen LogP contribution in [-0.2, 0) is 10.0 Å². The van der Waals surface area contributed by atoms with Crippen LogP contribution in [0.3, 0.4) is 0 Å². The molecule has 0 spiro atoms. The molecule has 0 aliphatic heterocycles. The molecule has 4 nitrogen and oxygen atoms in total. The maximum Gasteiger partial charge on any atom is 0.267 e. The molecule has 1 aromatic rings. The van der Waals surface area contributed by atoms with E-state index in [1.54, 1.807) is 16.8 Å². The van der Waals surface area contributed by atoms with Gasteiger partial charge in [-0.3, -0.25) is 4.79 Å². The maximum absolute atomic E-state index is 11.4. The molecule has 6 heteroatoms. The number of hydrogen-bond acceptors (Lipinski definition) is 4. The Bertz CT molecular complexity index is 393. The van der Waals surface area contributed by atoms with Gasteiger partial charge < -0.3 is 0 Å². The summed E-state index contributed by atoms with van der Waals surface area (Å²) >= 11 is 1.35. The fourth-order valence-electron chi connectivity index (χ4n) is 0.719. The van der Waals surface area contributed by atoms with Crippen molar-refractivity contribution in [1.82, 2.24) is 4.31 Å². The summed E-state index contributed by atoms with van der Waals surface area (Å²) in [5, 5.41) is 3.34. The lowest BCUT2D eigenvalue weighted by Gasteiger charge is -2.12. The molecule has 0 radical (unpaired) electrons. The van der Waals surface area contributed by atoms with Crippen LogP contribution in [0.2, 0.25) is 0 Å². The minimum atomic E-state index is -3.44. The minimum Gasteiger partial charge on any atom is -0.268 e. The fourth-order valence-corrected chi connectivity index (χ4v) is 1.75. The van der Waals surface area contributed by atoms with E-state index in [2.05, 4.69) is 0 Å². The zero-order valence-corrected chi connectivity index (χ0v) is 8.85. The monoisotopic (exact) mass is 219 g/mol. The standard InChI is InChI=1S/C7H9NO3S2/c1-8(13(2,10)11)7(9)6-3-4-12-5-6/h3-5H,1-2H3. The molecule has 13 heavy (non-hydrogen) atoms. The normalized spacial score (nSPS) is 11.2. The Balaban J connectivity index is 2.94. The zero-order chi connectivity index (χ0) is 10.1. The van der Waals surface area contributed by atoms with Crippen LogP contribution in [0.4, 0.5) is 0 Å². The molecular weight excluding hydrogens is 210 g/mol. The highest BCUT2D eigenvalue weighted by atomic mass is 32.2. The Labute approximate surface area is 80.8 Å². The Hall–Kier alpha value is -0.880. The van der Waals surface area contributed by atoms with Gasteiger partial charge in [0.2, 0.25) is 10.0 Å². The van der Waals surface area contributed by atoms with Gasteiger partial charge in [-0.2, -0.15) is 11.3 Å². The molecule has 1 aromatic heterocycles. The number of carbonyl (C=O) groups is 1. The summed E-state index contributed by atoms with van der Waals surface area (Å²) in [5.74, 6) is -0.497. The lowest BCUT2D eigenvalue weighted by atomic mass is 10.3. The van der Waals surface area contributed by atoms with Crippen LogP contribution >= 0.6 is 11.3 Å². The van der Waals surface area contributed by atoms with E-state index < -0.39 is 15.9 Å². The third-order valence-electron chi connectivity index (χ3n) is 1.55. The van der Waals surface area contributed by atoms with Gasteiger partial charge in [0.25, 0.3) is 5.91 Å². The van der Waals surface area contributed by atoms with Crippen molar-refractivity contribution >= 4 is 27.3 Å². The predicted molar refractivity (Wildman–Crippen MR) is 51.3 cm³/mol. The molecule has 0 N–H and O–H groups in total. The molecule has 0 aromatic carbocycles. The van der Waals surface area contributed by atoms with Crippen LogP contribution < -0.4 is 0 Å². The largest absolute Gasteiger partial charge is 0.268 e. The Morgan fingerprint density at radius 2 is 2.15 bits per heavy atom. The molecule has 0 atom stereocenters. The van der Waals surface area contributed by atoms with E-state index in [0.29, 0.717) is 5.56 Å². The molecule has 1 heterocycles. The summed E-state index contributed by atoms with van der Waals surface area (Å²) in [4.78, 5) is 11.4. The summed E-state index contributed by atoms with van der Waals surface area (Å²) in [7, 11) is -2.19. The second-order valence-electron chi connectivity index (χ2n) is 2.55. The van der Waals surface area contributed by atoms with Crippen molar-refractivity contribution in [2.24, 2.45) is 0 Å². The molecule has 72 valence electrons. The summed E-state index contributed by atoms with van der Waals surface area (Å²) in [6, 6.07) is 1.59. The van der Waals surface area contributed by atoms with E-state index in [1.165, 1.54) is 18.4 Å². The highest BCUT2D eigenvalue weighted by Gasteiger charge is 2.19. The average molecular weight is 219 g/mol. The van der Waals surface area contributed by atoms with E-state index in [9.17, 15) is 13.2 Å². The summed E-state index contributed by atoms with van der Waals surface area (Å²) < 4.78 is 22.7. The number of nitrogens with zero attached hydrogens (tertiary/aromatic N) is 1. The van der Waals surface area contributed by atoms with Crippen molar-refractivity contribution in [3.8, 4) is 0 Å². The minimum absolute atomic E-state index is 0.401. The smallest absolute Gasteiger partial charge is 0.267 e. The van der Waals surface area contributed by atoms with Crippen LogP contribution in [0.5, 0.6) is 0 Å². The van der Waals surface area contributed by atoms with Gasteiger partial charge >= 0.3 is 0 Å². The first-order valence-electron chi connectivity index (χ1n) is 3.43. The topological polar surface area (TPSA) is 54.5 Å². The van der Waals surface area contributed by atoms with E-state index in [0.717, 1.165) is 10.6 Å². The summed E-state index contributed by atoms with van der Waals surface area (Å²) in [6.07, 6.45) is 0.997. The lowest BCUT2D eigenvalue weighted by molar-refractivity contribution is 0.0884. The molecule has 0 bridgehead atoms. The summed E-state index contributed by atoms with van der Waals surface area (Å²) in [6.45, 7) is 0. The molecule has 0 aliphatic rings. The van der Waals surface area contributed by atoms with Gasteiger partial charge in [0.15, 0.2) is 0 Å². The van der Waals surface area contributed by atoms with Gasteiger partial charge in [0.1, 0.15) is 0 Å². The van der Waals surface area contributed by atoms with E-state index in [1.807, 2.05) is 0 Å². The number of hydrogen-bond donors (Lipinski definition) is 0. The van der Waals surface area contributed by atoms with Crippen molar-refractivity contribution in [3.63, 3.8) is 0 Å². The molecule has 1 amide bonds. The number of amides is 1. The quantitative estimate of drug-likeness (QED) is 0.738. The molecule has 1 rings (SSSR count). The van der Waals surface area contributed by atoms with Crippen LogP contribution in [0.1, 0.15) is 10.4 Å². The van der Waals surface area contributed by atoms with Crippen molar-refractivity contribution in [3.05, 3.63) is 22.4 Å². The zero-order valence-electron chi connectivity index (χ0n) is 7.22. The lowest BCUT2D eigenvalue weighted by Crippen LogP contribution is -2.31. The fraction of sp³-hybridized carbons (Fsp3) is 0.286. The second kappa shape index (κ2) is 3.47. The molecule has 0 saturated carbocycles. The van der Waals surface area contributed by atoms with E-state index in [-0.39, 0.29) is 0 Å². The molecule has 0 saturated heterocycles. The van der Waals surface area contributed by atoms with Gasteiger partial charge in [-0.25, -0.2) is 12.7 Å². The maximum atomic E-state index is 11.4. The molecule has 0 aliphatic carbocycles. The van der Waals surface area contributed by atoms with Crippen molar-refractivity contribution in [2.45, 2.75) is 0 Å². The second-order valence-corrected chi connectivity index (χ2v) is 5.34. The number of rotatable bonds is 2. The van der Waals surface area contributed by atoms with Crippen LogP contribution in [0.15, 0.2) is 16.8 Å². The van der Waals surface area contributed by atoms with E-state index in [4.69, 9.17) is 0 Å². The first-order chi connectivity index (χ1) is 5.93. The number of thiophene rings is 1. The molecule has 0 fully saturated rings. The van der Waals surface area contributed by atoms with Gasteiger partial charge in [0, 0.05) is 12.4 Å². The summed E-state index contributed by atoms with van der Waals surface area (Å²) in [5.41, 5.74) is 0.401. The van der Waals surface area contributed by atoms with Gasteiger partial charge in [-0.15, -0.1) is 0 Å². The first kappa shape index (κ1) is 10.2. The van der Waals surface area contributed by atoms with Gasteiger partial charge in [0.05, 0.1) is 11.8 Å². The third-order valence-corrected chi connectivity index (χ3v) is 3.40. The molecular formula is C7H9NO3S2. The highest BCUT2D eigenvalue weighted by Crippen LogP contribution is 2.10. The highest BCUT2D eigenvalue weighted by molar-refractivity contribution is 7.88. The molecule has 0 unspecified atom stereocenters. The van der Waals surface area contributed by atoms with E-state index >= 15 is 0 Å². The Morgan fingerprint density at radius 3 is 2.54 bits per heavy atom.